The second-order valence-corrected chi connectivity index (χ2v) is 15.7. The summed E-state index contributed by atoms with van der Waals surface area (Å²) in [7, 11) is -2.61. The molecular formula is C25H39FN4O5S3. The zero-order chi connectivity index (χ0) is 28.3. The molecule has 38 heavy (non-hydrogen) atoms. The average molecular weight is 591 g/mol. The maximum Gasteiger partial charge on any atom is 0.410 e. The number of aromatic nitrogens is 1. The molecule has 1 aliphatic rings. The maximum absolute atomic E-state index is 15.5. The number of anilines is 2. The smallest absolute Gasteiger partial charge is 0.410 e. The fourth-order valence-electron chi connectivity index (χ4n) is 4.09. The van der Waals surface area contributed by atoms with Gasteiger partial charge in [0, 0.05) is 37.2 Å². The predicted octanol–water partition coefficient (Wildman–Crippen LogP) is 4.47. The Balaban J connectivity index is 1.81. The number of halogens is 1. The maximum atomic E-state index is 15.5. The summed E-state index contributed by atoms with van der Waals surface area (Å²) in [5, 5.41) is 1.59. The Morgan fingerprint density at radius 3 is 2.63 bits per heavy atom. The van der Waals surface area contributed by atoms with Gasteiger partial charge in [-0.1, -0.05) is 0 Å². The third kappa shape index (κ3) is 7.51. The van der Waals surface area contributed by atoms with E-state index in [0.717, 1.165) is 21.6 Å². The number of sulfonamides is 1. The zero-order valence-electron chi connectivity index (χ0n) is 23.1. The molecule has 214 valence electrons. The van der Waals surface area contributed by atoms with E-state index in [2.05, 4.69) is 16.9 Å². The quantitative estimate of drug-likeness (QED) is 0.248. The van der Waals surface area contributed by atoms with Crippen LogP contribution >= 0.6 is 22.4 Å². The van der Waals surface area contributed by atoms with Crippen molar-refractivity contribution in [2.24, 2.45) is 0 Å². The Bertz CT molecular complexity index is 1200. The van der Waals surface area contributed by atoms with Crippen molar-refractivity contribution in [3.8, 4) is 0 Å². The highest BCUT2D eigenvalue weighted by atomic mass is 32.2. The van der Waals surface area contributed by atoms with Crippen LogP contribution in [0.5, 0.6) is 0 Å². The third-order valence-electron chi connectivity index (χ3n) is 6.16. The molecule has 1 atom stereocenters. The first-order valence-corrected chi connectivity index (χ1v) is 17.1. The van der Waals surface area contributed by atoms with Crippen molar-refractivity contribution in [2.75, 3.05) is 60.9 Å². The monoisotopic (exact) mass is 590 g/mol. The summed E-state index contributed by atoms with van der Waals surface area (Å²) in [6, 6.07) is 2.55. The lowest BCUT2D eigenvalue weighted by molar-refractivity contribution is 0.0292. The molecule has 1 aromatic carbocycles. The number of carbonyl (C=O) groups is 1. The summed E-state index contributed by atoms with van der Waals surface area (Å²) in [4.78, 5) is 15.6. The number of benzene rings is 1. The molecule has 1 aliphatic heterocycles. The highest BCUT2D eigenvalue weighted by molar-refractivity contribution is 8.15. The van der Waals surface area contributed by atoms with Crippen molar-refractivity contribution in [3.63, 3.8) is 0 Å². The lowest BCUT2D eigenvalue weighted by Crippen LogP contribution is -2.39. The molecule has 3 rings (SSSR count). The van der Waals surface area contributed by atoms with Crippen molar-refractivity contribution >= 4 is 49.9 Å². The molecule has 0 spiro atoms. The lowest BCUT2D eigenvalue weighted by atomic mass is 10.1. The van der Waals surface area contributed by atoms with Crippen molar-refractivity contribution < 1.29 is 27.1 Å². The molecule has 0 N–H and O–H groups in total. The summed E-state index contributed by atoms with van der Waals surface area (Å²) >= 11 is 1.11. The van der Waals surface area contributed by atoms with Gasteiger partial charge in [0.1, 0.15) is 23.0 Å². The van der Waals surface area contributed by atoms with E-state index < -0.39 is 26.3 Å². The second kappa shape index (κ2) is 12.4. The largest absolute Gasteiger partial charge is 0.444 e. The number of hydrogen-bond acceptors (Lipinski definition) is 8. The molecule has 2 aromatic rings. The summed E-state index contributed by atoms with van der Waals surface area (Å²) in [5.74, 6) is -0.00941. The highest BCUT2D eigenvalue weighted by Crippen LogP contribution is 2.32. The SMILES string of the molecule is Cc1cc(S(=O)(=O)N(COCC[SH](C)C)c2cnsc2)c(F)cc1N(C)[C@H]1CCN(C(=O)OC(C)(C)C)C1. The van der Waals surface area contributed by atoms with Crippen molar-refractivity contribution in [2.45, 2.75) is 50.7 Å². The molecular weight excluding hydrogens is 551 g/mol. The standard InChI is InChI=1S/C25H39FN4O5S3/c1-18-12-23(38(32,33)30(20-14-27-36-16-20)17-34-10-11-37(6)7)21(26)13-22(18)28(5)19-8-9-29(15-19)24(31)35-25(2,3)4/h12-14,16,19,37H,8-11,15,17H2,1-7H3/t19-/m0/s1. The molecule has 0 aliphatic carbocycles. The van der Waals surface area contributed by atoms with Gasteiger partial charge in [0.05, 0.1) is 18.5 Å². The number of aryl methyl sites for hydroxylation is 1. The van der Waals surface area contributed by atoms with Crippen LogP contribution < -0.4 is 9.21 Å². The molecule has 0 radical (unpaired) electrons. The van der Waals surface area contributed by atoms with Crippen molar-refractivity contribution in [3.05, 3.63) is 35.1 Å². The van der Waals surface area contributed by atoms with Crippen LogP contribution in [0, 0.1) is 12.7 Å². The minimum Gasteiger partial charge on any atom is -0.444 e. The van der Waals surface area contributed by atoms with E-state index in [1.54, 1.807) is 17.2 Å². The van der Waals surface area contributed by atoms with Crippen LogP contribution in [0.25, 0.3) is 0 Å². The first-order chi connectivity index (χ1) is 17.7. The van der Waals surface area contributed by atoms with E-state index in [9.17, 15) is 13.2 Å². The van der Waals surface area contributed by atoms with Gasteiger partial charge in [0.15, 0.2) is 0 Å². The molecule has 1 aromatic heterocycles. The van der Waals surface area contributed by atoms with Gasteiger partial charge in [-0.2, -0.15) is 4.37 Å². The van der Waals surface area contributed by atoms with E-state index in [-0.39, 0.29) is 29.8 Å². The minimum atomic E-state index is -4.26. The summed E-state index contributed by atoms with van der Waals surface area (Å²) in [6.45, 7) is 8.35. The second-order valence-electron chi connectivity index (χ2n) is 10.6. The van der Waals surface area contributed by atoms with Crippen LogP contribution in [0.1, 0.15) is 32.8 Å². The number of hydrogen-bond donors (Lipinski definition) is 1. The average Bonchev–Trinajstić information content (AvgIpc) is 3.51. The van der Waals surface area contributed by atoms with Crippen LogP contribution in [-0.4, -0.2) is 87.2 Å². The fraction of sp³-hybridized carbons (Fsp3) is 0.600. The normalized spacial score (nSPS) is 16.5. The van der Waals surface area contributed by atoms with Crippen LogP contribution in [0.4, 0.5) is 20.6 Å². The molecule has 1 saturated heterocycles. The van der Waals surface area contributed by atoms with Gasteiger partial charge in [-0.05, 0) is 81.6 Å². The number of nitrogens with zero attached hydrogens (tertiary/aromatic N) is 4. The predicted molar refractivity (Wildman–Crippen MR) is 154 cm³/mol. The number of likely N-dealkylation sites (tertiary alicyclic amines) is 1. The molecule has 1 fully saturated rings. The molecule has 1 amide bonds. The Morgan fingerprint density at radius 1 is 1.32 bits per heavy atom. The molecule has 0 unspecified atom stereocenters. The van der Waals surface area contributed by atoms with Gasteiger partial charge in [-0.15, -0.1) is 0 Å². The van der Waals surface area contributed by atoms with Gasteiger partial charge in [-0.25, -0.2) is 21.9 Å². The first-order valence-electron chi connectivity index (χ1n) is 12.4. The summed E-state index contributed by atoms with van der Waals surface area (Å²) in [5.41, 5.74) is 0.915. The van der Waals surface area contributed by atoms with Crippen LogP contribution in [0.15, 0.2) is 28.6 Å². The topological polar surface area (TPSA) is 92.3 Å². The number of rotatable bonds is 10. The lowest BCUT2D eigenvalue weighted by Gasteiger charge is -2.30. The van der Waals surface area contributed by atoms with Gasteiger partial charge >= 0.3 is 6.09 Å². The fourth-order valence-corrected chi connectivity index (χ4v) is 6.63. The summed E-state index contributed by atoms with van der Waals surface area (Å²) < 4.78 is 58.9. The number of thiol groups is 1. The van der Waals surface area contributed by atoms with Gasteiger partial charge < -0.3 is 19.3 Å². The third-order valence-corrected chi connectivity index (χ3v) is 9.58. The Kier molecular flexibility index (Phi) is 9.93. The van der Waals surface area contributed by atoms with Gasteiger partial charge in [0.2, 0.25) is 0 Å². The van der Waals surface area contributed by atoms with Gasteiger partial charge in [-0.3, -0.25) is 10.9 Å². The van der Waals surface area contributed by atoms with Gasteiger partial charge in [0.25, 0.3) is 10.0 Å². The van der Waals surface area contributed by atoms with E-state index >= 15 is 4.39 Å². The Hall–Kier alpha value is -2.09. The molecule has 13 heteroatoms. The molecule has 9 nitrogen and oxygen atoms in total. The first kappa shape index (κ1) is 30.5. The van der Waals surface area contributed by atoms with E-state index in [4.69, 9.17) is 9.47 Å². The van der Waals surface area contributed by atoms with E-state index in [0.29, 0.717) is 43.1 Å². The van der Waals surface area contributed by atoms with Crippen molar-refractivity contribution in [1.29, 1.82) is 0 Å². The molecule has 2 heterocycles. The van der Waals surface area contributed by atoms with Crippen molar-refractivity contribution in [1.82, 2.24) is 9.27 Å². The number of likely N-dealkylation sites (N-methyl/N-ethyl adjacent to an activating group) is 1. The summed E-state index contributed by atoms with van der Waals surface area (Å²) in [6.07, 6.45) is 5.98. The Morgan fingerprint density at radius 2 is 2.03 bits per heavy atom. The van der Waals surface area contributed by atoms with Crippen LogP contribution in [-0.2, 0) is 19.5 Å². The van der Waals surface area contributed by atoms with E-state index in [1.807, 2.05) is 32.7 Å². The van der Waals surface area contributed by atoms with Crippen LogP contribution in [0.3, 0.4) is 0 Å². The highest BCUT2D eigenvalue weighted by Gasteiger charge is 2.34. The number of carbonyl (C=O) groups excluding carboxylic acids is 1. The molecule has 0 saturated carbocycles. The van der Waals surface area contributed by atoms with Crippen LogP contribution in [0.2, 0.25) is 0 Å². The van der Waals surface area contributed by atoms with E-state index in [1.165, 1.54) is 18.3 Å². The number of amides is 1. The Labute approximate surface area is 232 Å². The zero-order valence-corrected chi connectivity index (χ0v) is 25.6. The number of ether oxygens (including phenoxy) is 2. The molecule has 0 bridgehead atoms. The minimum absolute atomic E-state index is 0.0625.